The van der Waals surface area contributed by atoms with Crippen LogP contribution in [0.4, 0.5) is 5.95 Å². The van der Waals surface area contributed by atoms with E-state index in [1.807, 2.05) is 0 Å². The molecule has 0 atom stereocenters. The van der Waals surface area contributed by atoms with Gasteiger partial charge < -0.3 is 0 Å². The Labute approximate surface area is 84.6 Å². The van der Waals surface area contributed by atoms with E-state index in [1.54, 1.807) is 24.3 Å². The van der Waals surface area contributed by atoms with Gasteiger partial charge >= 0.3 is 0 Å². The van der Waals surface area contributed by atoms with Gasteiger partial charge in [-0.1, -0.05) is 16.7 Å². The molecule has 14 heavy (non-hydrogen) atoms. The van der Waals surface area contributed by atoms with Crippen molar-refractivity contribution in [3.63, 3.8) is 0 Å². The average Bonchev–Trinajstić information content (AvgIpc) is 2.67. The minimum atomic E-state index is 0.368. The summed E-state index contributed by atoms with van der Waals surface area (Å²) < 4.78 is 1.47. The Morgan fingerprint density at radius 2 is 2.00 bits per heavy atom. The van der Waals surface area contributed by atoms with Crippen molar-refractivity contribution in [1.82, 2.24) is 20.2 Å². The van der Waals surface area contributed by atoms with E-state index in [9.17, 15) is 0 Å². The minimum Gasteiger partial charge on any atom is -0.291 e. The summed E-state index contributed by atoms with van der Waals surface area (Å²) in [5.41, 5.74) is 3.17. The van der Waals surface area contributed by atoms with E-state index in [2.05, 4.69) is 21.0 Å². The molecule has 72 valence electrons. The highest BCUT2D eigenvalue weighted by Gasteiger charge is 2.05. The Hall–Kier alpha value is -1.66. The zero-order valence-corrected chi connectivity index (χ0v) is 7.81. The Bertz CT molecular complexity index is 422. The molecule has 0 aliphatic heterocycles. The summed E-state index contributed by atoms with van der Waals surface area (Å²) in [6.07, 6.45) is 0. The highest BCUT2D eigenvalue weighted by molar-refractivity contribution is 6.30. The number of nitrogens with zero attached hydrogens (tertiary/aromatic N) is 4. The lowest BCUT2D eigenvalue weighted by Gasteiger charge is -2.02. The number of anilines is 1. The molecular weight excluding hydrogens is 204 g/mol. The number of nitrogens with one attached hydrogen (secondary N) is 1. The van der Waals surface area contributed by atoms with Gasteiger partial charge in [0.2, 0.25) is 0 Å². The summed E-state index contributed by atoms with van der Waals surface area (Å²) in [5.74, 6) is 5.59. The number of nitrogen functional groups attached to an aromatic ring is 1. The van der Waals surface area contributed by atoms with Crippen LogP contribution < -0.4 is 11.3 Å². The van der Waals surface area contributed by atoms with Gasteiger partial charge in [-0.25, -0.2) is 5.84 Å². The van der Waals surface area contributed by atoms with Crippen LogP contribution in [0.2, 0.25) is 5.02 Å². The first-order valence-electron chi connectivity index (χ1n) is 3.82. The summed E-state index contributed by atoms with van der Waals surface area (Å²) in [6.45, 7) is 0. The van der Waals surface area contributed by atoms with E-state index in [1.165, 1.54) is 4.68 Å². The van der Waals surface area contributed by atoms with Gasteiger partial charge in [0.15, 0.2) is 0 Å². The van der Waals surface area contributed by atoms with Crippen LogP contribution in [0.5, 0.6) is 0 Å². The molecule has 0 unspecified atom stereocenters. The number of benzene rings is 1. The molecule has 1 aromatic heterocycles. The lowest BCUT2D eigenvalue weighted by molar-refractivity contribution is 0.790. The topological polar surface area (TPSA) is 81.7 Å². The van der Waals surface area contributed by atoms with E-state index >= 15 is 0 Å². The second kappa shape index (κ2) is 3.60. The minimum absolute atomic E-state index is 0.368. The molecule has 0 radical (unpaired) electrons. The molecule has 0 spiro atoms. The molecule has 0 amide bonds. The van der Waals surface area contributed by atoms with Gasteiger partial charge in [-0.3, -0.25) is 5.43 Å². The molecule has 0 aliphatic carbocycles. The number of hydrogen-bond acceptors (Lipinski definition) is 5. The van der Waals surface area contributed by atoms with Crippen LogP contribution in [0.15, 0.2) is 24.3 Å². The van der Waals surface area contributed by atoms with Gasteiger partial charge in [-0.15, -0.1) is 0 Å². The molecular formula is C7H7ClN6. The van der Waals surface area contributed by atoms with Crippen molar-refractivity contribution in [2.24, 2.45) is 5.84 Å². The summed E-state index contributed by atoms with van der Waals surface area (Å²) in [4.78, 5) is 0. The quantitative estimate of drug-likeness (QED) is 0.561. The summed E-state index contributed by atoms with van der Waals surface area (Å²) in [6, 6.07) is 7.08. The van der Waals surface area contributed by atoms with Crippen molar-refractivity contribution in [3.05, 3.63) is 29.3 Å². The second-order valence-corrected chi connectivity index (χ2v) is 2.97. The maximum atomic E-state index is 5.75. The number of aromatic nitrogens is 4. The van der Waals surface area contributed by atoms with Crippen molar-refractivity contribution < 1.29 is 0 Å². The molecule has 0 bridgehead atoms. The Kier molecular flexibility index (Phi) is 2.30. The number of halogens is 1. The first-order chi connectivity index (χ1) is 6.81. The lowest BCUT2D eigenvalue weighted by atomic mass is 10.3. The van der Waals surface area contributed by atoms with Crippen LogP contribution in [0.3, 0.4) is 0 Å². The maximum Gasteiger partial charge on any atom is 0.261 e. The molecule has 0 fully saturated rings. The number of nitrogens with two attached hydrogens (primary N) is 1. The fourth-order valence-electron chi connectivity index (χ4n) is 1.03. The van der Waals surface area contributed by atoms with Gasteiger partial charge in [0.1, 0.15) is 0 Å². The summed E-state index contributed by atoms with van der Waals surface area (Å²) in [7, 11) is 0. The Morgan fingerprint density at radius 1 is 1.29 bits per heavy atom. The summed E-state index contributed by atoms with van der Waals surface area (Å²) >= 11 is 5.75. The zero-order valence-electron chi connectivity index (χ0n) is 7.05. The van der Waals surface area contributed by atoms with Crippen molar-refractivity contribution in [1.29, 1.82) is 0 Å². The second-order valence-electron chi connectivity index (χ2n) is 2.54. The molecule has 7 heteroatoms. The predicted molar refractivity (Wildman–Crippen MR) is 52.0 cm³/mol. The van der Waals surface area contributed by atoms with Gasteiger partial charge in [-0.2, -0.15) is 4.68 Å². The van der Waals surface area contributed by atoms with E-state index < -0.39 is 0 Å². The lowest BCUT2D eigenvalue weighted by Crippen LogP contribution is -2.12. The number of hydrazine groups is 1. The highest BCUT2D eigenvalue weighted by atomic mass is 35.5. The summed E-state index contributed by atoms with van der Waals surface area (Å²) in [5, 5.41) is 11.6. The van der Waals surface area contributed by atoms with Gasteiger partial charge in [0.05, 0.1) is 5.69 Å². The third-order valence-corrected chi connectivity index (χ3v) is 1.92. The van der Waals surface area contributed by atoms with Crippen LogP contribution in [-0.2, 0) is 0 Å². The molecule has 3 N–H and O–H groups in total. The van der Waals surface area contributed by atoms with Crippen LogP contribution in [0, 0.1) is 0 Å². The zero-order chi connectivity index (χ0) is 9.97. The van der Waals surface area contributed by atoms with E-state index in [0.29, 0.717) is 11.0 Å². The largest absolute Gasteiger partial charge is 0.291 e. The standard InChI is InChI=1S/C7H7ClN6/c8-5-1-3-6(4-2-5)14-7(10-9)11-12-13-14/h1-4H,9H2,(H,10,11,13). The molecule has 2 rings (SSSR count). The van der Waals surface area contributed by atoms with Crippen LogP contribution in [0.1, 0.15) is 0 Å². The third-order valence-electron chi connectivity index (χ3n) is 1.67. The Balaban J connectivity index is 2.44. The molecule has 1 heterocycles. The molecule has 6 nitrogen and oxygen atoms in total. The van der Waals surface area contributed by atoms with Gasteiger partial charge in [-0.05, 0) is 34.7 Å². The first-order valence-corrected chi connectivity index (χ1v) is 4.20. The SMILES string of the molecule is NNc1nnnn1-c1ccc(Cl)cc1. The fraction of sp³-hybridized carbons (Fsp3) is 0. The van der Waals surface area contributed by atoms with E-state index in [-0.39, 0.29) is 0 Å². The van der Waals surface area contributed by atoms with Crippen LogP contribution >= 0.6 is 11.6 Å². The first kappa shape index (κ1) is 8.92. The average molecular weight is 211 g/mol. The number of rotatable bonds is 2. The van der Waals surface area contributed by atoms with Crippen molar-refractivity contribution >= 4 is 17.5 Å². The molecule has 2 aromatic rings. The molecule has 1 aromatic carbocycles. The van der Waals surface area contributed by atoms with E-state index in [0.717, 1.165) is 5.69 Å². The Morgan fingerprint density at radius 3 is 2.64 bits per heavy atom. The monoisotopic (exact) mass is 210 g/mol. The smallest absolute Gasteiger partial charge is 0.261 e. The normalized spacial score (nSPS) is 10.1. The number of hydrogen-bond donors (Lipinski definition) is 2. The fourth-order valence-corrected chi connectivity index (χ4v) is 1.16. The van der Waals surface area contributed by atoms with Crippen LogP contribution in [-0.4, -0.2) is 20.2 Å². The van der Waals surface area contributed by atoms with Gasteiger partial charge in [0, 0.05) is 5.02 Å². The maximum absolute atomic E-state index is 5.75. The highest BCUT2D eigenvalue weighted by Crippen LogP contribution is 2.14. The van der Waals surface area contributed by atoms with Crippen molar-refractivity contribution in [2.75, 3.05) is 5.43 Å². The molecule has 0 aliphatic rings. The third kappa shape index (κ3) is 1.52. The van der Waals surface area contributed by atoms with Crippen LogP contribution in [0.25, 0.3) is 5.69 Å². The molecule has 0 saturated carbocycles. The molecule has 0 saturated heterocycles. The van der Waals surface area contributed by atoms with Gasteiger partial charge in [0.25, 0.3) is 5.95 Å². The predicted octanol–water partition coefficient (Wildman–Crippen LogP) is 0.601. The van der Waals surface area contributed by atoms with E-state index in [4.69, 9.17) is 17.4 Å². The van der Waals surface area contributed by atoms with Crippen molar-refractivity contribution in [3.8, 4) is 5.69 Å². The van der Waals surface area contributed by atoms with Crippen molar-refractivity contribution in [2.45, 2.75) is 0 Å². The number of tetrazole rings is 1.